The number of hydrogen-bond acceptors (Lipinski definition) is 5. The van der Waals surface area contributed by atoms with E-state index in [-0.39, 0.29) is 35.0 Å². The highest BCUT2D eigenvalue weighted by molar-refractivity contribution is 5.95. The Morgan fingerprint density at radius 1 is 0.905 bits per heavy atom. The second-order valence-corrected chi connectivity index (χ2v) is 9.51. The number of rotatable bonds is 11. The molecule has 0 saturated carbocycles. The van der Waals surface area contributed by atoms with Gasteiger partial charge < -0.3 is 16.2 Å². The SMILES string of the molecule is CC.Cc1ccc(-c2ccc([N+](=O)[O-])cc2)cc1.N=C(N)c1cccc(CC(CO)C(Cc2ccccc2)NC=O)c1. The molecule has 0 bridgehead atoms. The van der Waals surface area contributed by atoms with E-state index in [1.807, 2.05) is 93.6 Å². The fraction of sp³-hybridized carbons (Fsp3) is 0.235. The summed E-state index contributed by atoms with van der Waals surface area (Å²) in [5.74, 6) is -0.109. The van der Waals surface area contributed by atoms with Crippen molar-refractivity contribution in [1.29, 1.82) is 5.41 Å². The van der Waals surface area contributed by atoms with Crippen molar-refractivity contribution < 1.29 is 14.8 Å². The Labute approximate surface area is 247 Å². The van der Waals surface area contributed by atoms with Gasteiger partial charge >= 0.3 is 0 Å². The molecule has 0 aliphatic carbocycles. The lowest BCUT2D eigenvalue weighted by molar-refractivity contribution is -0.384. The molecule has 4 rings (SSSR count). The van der Waals surface area contributed by atoms with E-state index in [1.54, 1.807) is 18.2 Å². The molecule has 0 fully saturated rings. The smallest absolute Gasteiger partial charge is 0.269 e. The van der Waals surface area contributed by atoms with Crippen LogP contribution in [0.2, 0.25) is 0 Å². The number of nitrogen functional groups attached to an aromatic ring is 1. The first-order chi connectivity index (χ1) is 20.3. The van der Waals surface area contributed by atoms with Gasteiger partial charge in [-0.15, -0.1) is 0 Å². The highest BCUT2D eigenvalue weighted by atomic mass is 16.6. The number of benzene rings is 4. The molecule has 42 heavy (non-hydrogen) atoms. The van der Waals surface area contributed by atoms with Crippen molar-refractivity contribution in [2.45, 2.75) is 39.7 Å². The molecule has 4 aromatic rings. The van der Waals surface area contributed by atoms with Crippen LogP contribution in [0.25, 0.3) is 11.1 Å². The van der Waals surface area contributed by atoms with Crippen molar-refractivity contribution >= 4 is 17.9 Å². The maximum Gasteiger partial charge on any atom is 0.269 e. The van der Waals surface area contributed by atoms with Crippen molar-refractivity contribution in [2.75, 3.05) is 6.61 Å². The van der Waals surface area contributed by atoms with Gasteiger partial charge in [0.05, 0.1) is 4.92 Å². The molecular formula is C34H40N4O4. The number of nitrogens with zero attached hydrogens (tertiary/aromatic N) is 1. The molecule has 2 unspecified atom stereocenters. The Kier molecular flexibility index (Phi) is 14.1. The Balaban J connectivity index is 0.000000296. The number of hydrogen-bond donors (Lipinski definition) is 4. The minimum absolute atomic E-state index is 0.0178. The first-order valence-corrected chi connectivity index (χ1v) is 13.9. The van der Waals surface area contributed by atoms with Crippen LogP contribution in [0.1, 0.15) is 36.1 Å². The summed E-state index contributed by atoms with van der Waals surface area (Å²) >= 11 is 0. The van der Waals surface area contributed by atoms with Crippen molar-refractivity contribution in [2.24, 2.45) is 11.7 Å². The van der Waals surface area contributed by atoms with E-state index in [9.17, 15) is 20.0 Å². The minimum atomic E-state index is -0.390. The monoisotopic (exact) mass is 568 g/mol. The van der Waals surface area contributed by atoms with E-state index in [0.29, 0.717) is 24.8 Å². The molecule has 0 heterocycles. The molecule has 4 aromatic carbocycles. The summed E-state index contributed by atoms with van der Waals surface area (Å²) in [6, 6.07) is 31.8. The third kappa shape index (κ3) is 10.6. The minimum Gasteiger partial charge on any atom is -0.396 e. The zero-order valence-electron chi connectivity index (χ0n) is 24.4. The van der Waals surface area contributed by atoms with Crippen LogP contribution in [-0.2, 0) is 17.6 Å². The Hall–Kier alpha value is -4.82. The molecule has 0 aliphatic rings. The van der Waals surface area contributed by atoms with Crippen molar-refractivity contribution in [3.8, 4) is 11.1 Å². The number of carbonyl (C=O) groups excluding carboxylic acids is 1. The van der Waals surface area contributed by atoms with Crippen LogP contribution < -0.4 is 11.1 Å². The summed E-state index contributed by atoms with van der Waals surface area (Å²) in [6.45, 7) is 5.99. The molecule has 2 atom stereocenters. The second kappa shape index (κ2) is 17.8. The van der Waals surface area contributed by atoms with Crippen LogP contribution in [0, 0.1) is 28.4 Å². The quantitative estimate of drug-likeness (QED) is 0.0571. The van der Waals surface area contributed by atoms with E-state index in [4.69, 9.17) is 11.1 Å². The van der Waals surface area contributed by atoms with Gasteiger partial charge in [-0.3, -0.25) is 20.3 Å². The molecule has 0 aromatic heterocycles. The highest BCUT2D eigenvalue weighted by Gasteiger charge is 2.21. The Bertz CT molecular complexity index is 1390. The maximum atomic E-state index is 11.0. The number of amides is 1. The molecule has 1 amide bonds. The largest absolute Gasteiger partial charge is 0.396 e. The highest BCUT2D eigenvalue weighted by Crippen LogP contribution is 2.22. The van der Waals surface area contributed by atoms with Crippen molar-refractivity contribution in [1.82, 2.24) is 5.32 Å². The zero-order valence-corrected chi connectivity index (χ0v) is 24.4. The number of aliphatic hydroxyl groups is 1. The van der Waals surface area contributed by atoms with Gasteiger partial charge in [0.2, 0.25) is 6.41 Å². The van der Waals surface area contributed by atoms with Crippen molar-refractivity contribution in [3.63, 3.8) is 0 Å². The number of nitrogens with one attached hydrogen (secondary N) is 2. The first-order valence-electron chi connectivity index (χ1n) is 13.9. The standard InChI is InChI=1S/C19H23N3O2.C13H11NO2.C2H6/c20-19(21)16-8-4-7-15(9-16)10-17(12-23)18(22-13-24)11-14-5-2-1-3-6-14;1-10-2-4-11(5-3-10)12-6-8-13(9-7-12)14(15)16;1-2/h1-9,13,17-18,23H,10-12H2,(H3,20,21)(H,22,24);2-9H,1H3;1-2H3. The molecule has 0 spiro atoms. The van der Waals surface area contributed by atoms with E-state index in [0.717, 1.165) is 22.3 Å². The van der Waals surface area contributed by atoms with Crippen molar-refractivity contribution in [3.05, 3.63) is 135 Å². The fourth-order valence-corrected chi connectivity index (χ4v) is 4.34. The van der Waals surface area contributed by atoms with Gasteiger partial charge in [0.15, 0.2) is 0 Å². The number of non-ortho nitro benzene ring substituents is 1. The predicted molar refractivity (Wildman–Crippen MR) is 169 cm³/mol. The summed E-state index contributed by atoms with van der Waals surface area (Å²) in [5.41, 5.74) is 11.7. The molecule has 8 nitrogen and oxygen atoms in total. The normalized spacial score (nSPS) is 11.4. The molecule has 0 aliphatic heterocycles. The second-order valence-electron chi connectivity index (χ2n) is 9.51. The summed E-state index contributed by atoms with van der Waals surface area (Å²) < 4.78 is 0. The molecule has 220 valence electrons. The van der Waals surface area contributed by atoms with E-state index in [2.05, 4.69) is 5.32 Å². The maximum absolute atomic E-state index is 11.0. The van der Waals surface area contributed by atoms with Crippen LogP contribution >= 0.6 is 0 Å². The Morgan fingerprint density at radius 3 is 2.00 bits per heavy atom. The van der Waals surface area contributed by atoms with Crippen LogP contribution in [0.5, 0.6) is 0 Å². The van der Waals surface area contributed by atoms with Gasteiger partial charge in [0.1, 0.15) is 5.84 Å². The Morgan fingerprint density at radius 2 is 1.48 bits per heavy atom. The lowest BCUT2D eigenvalue weighted by Gasteiger charge is -2.25. The third-order valence-corrected chi connectivity index (χ3v) is 6.58. The summed E-state index contributed by atoms with van der Waals surface area (Å²) in [7, 11) is 0. The van der Waals surface area contributed by atoms with E-state index in [1.165, 1.54) is 17.7 Å². The van der Waals surface area contributed by atoms with E-state index >= 15 is 0 Å². The summed E-state index contributed by atoms with van der Waals surface area (Å²) in [6.07, 6.45) is 1.93. The van der Waals surface area contributed by atoms with Gasteiger partial charge in [0, 0.05) is 36.3 Å². The lowest BCUT2D eigenvalue weighted by atomic mass is 9.88. The zero-order chi connectivity index (χ0) is 30.9. The van der Waals surface area contributed by atoms with Crippen LogP contribution in [0.3, 0.4) is 0 Å². The average molecular weight is 569 g/mol. The van der Waals surface area contributed by atoms with Gasteiger partial charge in [-0.05, 0) is 60.2 Å². The van der Waals surface area contributed by atoms with Crippen LogP contribution in [-0.4, -0.2) is 34.9 Å². The topological polar surface area (TPSA) is 142 Å². The number of carbonyl (C=O) groups is 1. The van der Waals surface area contributed by atoms with Gasteiger partial charge in [-0.25, -0.2) is 0 Å². The number of aliphatic hydroxyl groups excluding tert-OH is 1. The summed E-state index contributed by atoms with van der Waals surface area (Å²) in [4.78, 5) is 21.1. The molecule has 0 radical (unpaired) electrons. The van der Waals surface area contributed by atoms with Gasteiger partial charge in [0.25, 0.3) is 5.69 Å². The predicted octanol–water partition coefficient (Wildman–Crippen LogP) is 6.08. The van der Waals surface area contributed by atoms with Gasteiger partial charge in [-0.2, -0.15) is 0 Å². The number of nitro benzene ring substituents is 1. The molecule has 5 N–H and O–H groups in total. The number of nitro groups is 1. The third-order valence-electron chi connectivity index (χ3n) is 6.58. The molecular weight excluding hydrogens is 528 g/mol. The molecule has 8 heteroatoms. The van der Waals surface area contributed by atoms with Gasteiger partial charge in [-0.1, -0.05) is 92.2 Å². The van der Waals surface area contributed by atoms with E-state index < -0.39 is 0 Å². The number of amidine groups is 1. The summed E-state index contributed by atoms with van der Waals surface area (Å²) in [5, 5.41) is 30.7. The van der Waals surface area contributed by atoms with Crippen LogP contribution in [0.4, 0.5) is 5.69 Å². The molecule has 0 saturated heterocycles. The lowest BCUT2D eigenvalue weighted by Crippen LogP contribution is -2.40. The number of nitrogens with two attached hydrogens (primary N) is 1. The van der Waals surface area contributed by atoms with Crippen LogP contribution in [0.15, 0.2) is 103 Å². The first kappa shape index (κ1) is 33.4. The fourth-order valence-electron chi connectivity index (χ4n) is 4.34. The number of aryl methyl sites for hydroxylation is 1. The average Bonchev–Trinajstić information content (AvgIpc) is 3.02.